The van der Waals surface area contributed by atoms with E-state index in [1.807, 2.05) is 0 Å². The van der Waals surface area contributed by atoms with Crippen LogP contribution >= 0.6 is 0 Å². The van der Waals surface area contributed by atoms with Gasteiger partial charge >= 0.3 is 12.1 Å². The van der Waals surface area contributed by atoms with Crippen LogP contribution < -0.4 is 0 Å². The summed E-state index contributed by atoms with van der Waals surface area (Å²) >= 11 is 0. The van der Waals surface area contributed by atoms with Crippen LogP contribution in [0.4, 0.5) is 13.2 Å². The zero-order valence-corrected chi connectivity index (χ0v) is 14.8. The third-order valence-electron chi connectivity index (χ3n) is 5.16. The van der Waals surface area contributed by atoms with Crippen LogP contribution in [0.2, 0.25) is 0 Å². The molecule has 1 saturated carbocycles. The molecule has 4 nitrogen and oxygen atoms in total. The lowest BCUT2D eigenvalue weighted by Crippen LogP contribution is -2.31. The SMILES string of the molecule is CC(=O)OC1=C(CC2CCCC(C(F)(F)F)C2)C(=O)c2ccccc2C1=O. The molecule has 2 aliphatic rings. The lowest BCUT2D eigenvalue weighted by molar-refractivity contribution is -0.185. The molecule has 0 heterocycles. The van der Waals surface area contributed by atoms with Gasteiger partial charge in [0, 0.05) is 23.6 Å². The highest BCUT2D eigenvalue weighted by Gasteiger charge is 2.43. The van der Waals surface area contributed by atoms with Crippen LogP contribution in [-0.2, 0) is 9.53 Å². The van der Waals surface area contributed by atoms with Gasteiger partial charge in [0.25, 0.3) is 0 Å². The van der Waals surface area contributed by atoms with Crippen molar-refractivity contribution in [2.24, 2.45) is 11.8 Å². The van der Waals surface area contributed by atoms with Crippen molar-refractivity contribution >= 4 is 17.5 Å². The first-order valence-electron chi connectivity index (χ1n) is 8.85. The average molecular weight is 380 g/mol. The Morgan fingerprint density at radius 1 is 1.11 bits per heavy atom. The van der Waals surface area contributed by atoms with Crippen LogP contribution in [0.1, 0.15) is 59.7 Å². The molecule has 0 saturated heterocycles. The van der Waals surface area contributed by atoms with Gasteiger partial charge in [-0.25, -0.2) is 0 Å². The third-order valence-corrected chi connectivity index (χ3v) is 5.16. The molecule has 1 fully saturated rings. The molecule has 144 valence electrons. The molecular formula is C20H19F3O4. The average Bonchev–Trinajstić information content (AvgIpc) is 2.62. The van der Waals surface area contributed by atoms with Crippen LogP contribution in [0, 0.1) is 11.8 Å². The topological polar surface area (TPSA) is 60.4 Å². The summed E-state index contributed by atoms with van der Waals surface area (Å²) in [5.74, 6) is -3.95. The van der Waals surface area contributed by atoms with Crippen LogP contribution in [0.15, 0.2) is 35.6 Å². The first-order chi connectivity index (χ1) is 12.7. The van der Waals surface area contributed by atoms with Crippen molar-refractivity contribution in [1.82, 2.24) is 0 Å². The van der Waals surface area contributed by atoms with Gasteiger partial charge in [-0.2, -0.15) is 13.2 Å². The molecule has 1 aromatic rings. The van der Waals surface area contributed by atoms with Gasteiger partial charge in [0.05, 0.1) is 5.92 Å². The van der Waals surface area contributed by atoms with Gasteiger partial charge in [-0.05, 0) is 25.2 Å². The second kappa shape index (κ2) is 7.29. The quantitative estimate of drug-likeness (QED) is 0.717. The number of esters is 1. The fourth-order valence-corrected chi connectivity index (χ4v) is 3.90. The monoisotopic (exact) mass is 380 g/mol. The second-order valence-electron chi connectivity index (χ2n) is 7.08. The Kier molecular flexibility index (Phi) is 5.22. The van der Waals surface area contributed by atoms with E-state index in [9.17, 15) is 27.6 Å². The number of rotatable bonds is 3. The maximum Gasteiger partial charge on any atom is 0.391 e. The molecule has 0 N–H and O–H groups in total. The van der Waals surface area contributed by atoms with E-state index in [-0.39, 0.29) is 41.7 Å². The molecule has 0 spiro atoms. The largest absolute Gasteiger partial charge is 0.422 e. The minimum Gasteiger partial charge on any atom is -0.422 e. The smallest absolute Gasteiger partial charge is 0.391 e. The molecule has 2 atom stereocenters. The number of alkyl halides is 3. The third kappa shape index (κ3) is 3.96. The maximum atomic E-state index is 13.1. The Morgan fingerprint density at radius 3 is 2.33 bits per heavy atom. The summed E-state index contributed by atoms with van der Waals surface area (Å²) in [6.45, 7) is 1.11. The first-order valence-corrected chi connectivity index (χ1v) is 8.85. The highest BCUT2D eigenvalue weighted by atomic mass is 19.4. The summed E-state index contributed by atoms with van der Waals surface area (Å²) in [6, 6.07) is 6.17. The van der Waals surface area contributed by atoms with Crippen molar-refractivity contribution in [3.05, 3.63) is 46.7 Å². The highest BCUT2D eigenvalue weighted by molar-refractivity contribution is 6.26. The molecule has 1 aromatic carbocycles. The number of Topliss-reactive ketones (excluding diaryl/α,β-unsaturated/α-hetero) is 2. The predicted molar refractivity (Wildman–Crippen MR) is 90.0 cm³/mol. The molecular weight excluding hydrogens is 361 g/mol. The number of hydrogen-bond acceptors (Lipinski definition) is 4. The maximum absolute atomic E-state index is 13.1. The number of allylic oxidation sites excluding steroid dienone is 2. The Bertz CT molecular complexity index is 823. The minimum absolute atomic E-state index is 0.00160. The summed E-state index contributed by atoms with van der Waals surface area (Å²) in [7, 11) is 0. The van der Waals surface area contributed by atoms with Gasteiger partial charge in [0.15, 0.2) is 11.5 Å². The number of ether oxygens (including phenoxy) is 1. The van der Waals surface area contributed by atoms with Crippen molar-refractivity contribution in [3.63, 3.8) is 0 Å². The Labute approximate surface area is 154 Å². The zero-order valence-electron chi connectivity index (χ0n) is 14.8. The van der Waals surface area contributed by atoms with E-state index in [0.29, 0.717) is 12.8 Å². The van der Waals surface area contributed by atoms with Crippen molar-refractivity contribution in [2.45, 2.75) is 45.2 Å². The molecule has 0 amide bonds. The molecule has 0 aliphatic heterocycles. The van der Waals surface area contributed by atoms with Gasteiger partial charge in [-0.15, -0.1) is 0 Å². The van der Waals surface area contributed by atoms with Crippen LogP contribution in [0.25, 0.3) is 0 Å². The second-order valence-corrected chi connectivity index (χ2v) is 7.08. The van der Waals surface area contributed by atoms with Crippen molar-refractivity contribution < 1.29 is 32.3 Å². The van der Waals surface area contributed by atoms with Crippen molar-refractivity contribution in [1.29, 1.82) is 0 Å². The zero-order chi connectivity index (χ0) is 19.8. The van der Waals surface area contributed by atoms with E-state index in [2.05, 4.69) is 0 Å². The summed E-state index contributed by atoms with van der Waals surface area (Å²) in [5.41, 5.74) is 0.331. The molecule has 2 aliphatic carbocycles. The normalized spacial score (nSPS) is 23.3. The minimum atomic E-state index is -4.27. The number of benzene rings is 1. The Morgan fingerprint density at radius 2 is 1.74 bits per heavy atom. The van der Waals surface area contributed by atoms with Crippen LogP contribution in [0.5, 0.6) is 0 Å². The van der Waals surface area contributed by atoms with Gasteiger partial charge < -0.3 is 4.74 Å². The van der Waals surface area contributed by atoms with E-state index in [0.717, 1.165) is 6.92 Å². The molecule has 0 radical (unpaired) electrons. The van der Waals surface area contributed by atoms with E-state index in [1.165, 1.54) is 12.1 Å². The lowest BCUT2D eigenvalue weighted by atomic mass is 9.75. The van der Waals surface area contributed by atoms with Crippen LogP contribution in [-0.4, -0.2) is 23.7 Å². The van der Waals surface area contributed by atoms with E-state index < -0.39 is 35.5 Å². The molecule has 7 heteroatoms. The number of carbonyl (C=O) groups excluding carboxylic acids is 3. The van der Waals surface area contributed by atoms with E-state index in [1.54, 1.807) is 12.1 Å². The van der Waals surface area contributed by atoms with Gasteiger partial charge in [-0.1, -0.05) is 37.1 Å². The molecule has 0 bridgehead atoms. The molecule has 27 heavy (non-hydrogen) atoms. The fourth-order valence-electron chi connectivity index (χ4n) is 3.90. The number of ketones is 2. The molecule has 3 rings (SSSR count). The summed E-state index contributed by atoms with van der Waals surface area (Å²) in [6.07, 6.45) is -3.36. The first kappa shape index (κ1) is 19.3. The molecule has 2 unspecified atom stereocenters. The lowest BCUT2D eigenvalue weighted by Gasteiger charge is -2.31. The molecule has 0 aromatic heterocycles. The fraction of sp³-hybridized carbons (Fsp3) is 0.450. The van der Waals surface area contributed by atoms with Gasteiger partial charge in [0.2, 0.25) is 5.78 Å². The van der Waals surface area contributed by atoms with E-state index >= 15 is 0 Å². The number of fused-ring (bicyclic) bond motifs is 1. The van der Waals surface area contributed by atoms with Gasteiger partial charge in [-0.3, -0.25) is 14.4 Å². The Hall–Kier alpha value is -2.44. The summed E-state index contributed by atoms with van der Waals surface area (Å²) in [4.78, 5) is 37.0. The Balaban J connectivity index is 1.93. The van der Waals surface area contributed by atoms with Gasteiger partial charge in [0.1, 0.15) is 0 Å². The highest BCUT2D eigenvalue weighted by Crippen LogP contribution is 2.43. The number of hydrogen-bond donors (Lipinski definition) is 0. The summed E-state index contributed by atoms with van der Waals surface area (Å²) in [5, 5.41) is 0. The predicted octanol–water partition coefficient (Wildman–Crippen LogP) is 4.64. The van der Waals surface area contributed by atoms with Crippen LogP contribution in [0.3, 0.4) is 0 Å². The number of carbonyl (C=O) groups is 3. The summed E-state index contributed by atoms with van der Waals surface area (Å²) < 4.78 is 44.3. The number of halogens is 3. The standard InChI is InChI=1S/C20H19F3O4/c1-11(24)27-19-16(10-12-5-4-6-13(9-12)20(21,22)23)17(25)14-7-2-3-8-15(14)18(19)26/h2-3,7-8,12-13H,4-6,9-10H2,1H3. The van der Waals surface area contributed by atoms with Crippen molar-refractivity contribution in [3.8, 4) is 0 Å². The van der Waals surface area contributed by atoms with Crippen molar-refractivity contribution in [2.75, 3.05) is 0 Å². The van der Waals surface area contributed by atoms with E-state index in [4.69, 9.17) is 4.74 Å².